The molecular weight excluding hydrogens is 244 g/mol. The molecule has 2 N–H and O–H groups in total. The summed E-state index contributed by atoms with van der Waals surface area (Å²) in [5.41, 5.74) is 1.18. The molecular formula is C15H12O4. The van der Waals surface area contributed by atoms with Crippen LogP contribution in [0.3, 0.4) is 0 Å². The third kappa shape index (κ3) is 2.01. The molecule has 0 spiro atoms. The maximum absolute atomic E-state index is 12.4. The van der Waals surface area contributed by atoms with Crippen LogP contribution >= 0.6 is 0 Å². The first kappa shape index (κ1) is 11.6. The molecule has 2 aromatic rings. The zero-order valence-electron chi connectivity index (χ0n) is 10.0. The predicted octanol–water partition coefficient (Wildman–Crippen LogP) is 2.46. The molecule has 2 aromatic carbocycles. The van der Waals surface area contributed by atoms with Gasteiger partial charge in [0.15, 0.2) is 5.78 Å². The van der Waals surface area contributed by atoms with Gasteiger partial charge in [0.05, 0.1) is 11.5 Å². The molecule has 0 bridgehead atoms. The first-order valence-corrected chi connectivity index (χ1v) is 5.94. The molecule has 0 amide bonds. The summed E-state index contributed by atoms with van der Waals surface area (Å²) in [7, 11) is 0. The van der Waals surface area contributed by atoms with E-state index >= 15 is 0 Å². The highest BCUT2D eigenvalue weighted by Gasteiger charge is 2.30. The number of carbonyl (C=O) groups excluding carboxylic acids is 1. The molecule has 0 aromatic heterocycles. The van der Waals surface area contributed by atoms with E-state index in [1.807, 2.05) is 0 Å². The standard InChI is InChI=1S/C15H12O4/c16-10-3-1-9(2-4-10)13-8-19-14-6-5-11(17)7-12(14)15(13)18/h1-7,13,16-17H,8H2. The quantitative estimate of drug-likeness (QED) is 0.822. The van der Waals surface area contributed by atoms with Crippen LogP contribution < -0.4 is 4.74 Å². The number of carbonyl (C=O) groups is 1. The summed E-state index contributed by atoms with van der Waals surface area (Å²) >= 11 is 0. The highest BCUT2D eigenvalue weighted by atomic mass is 16.5. The molecule has 0 radical (unpaired) electrons. The fourth-order valence-corrected chi connectivity index (χ4v) is 2.23. The van der Waals surface area contributed by atoms with Crippen LogP contribution in [0, 0.1) is 0 Å². The van der Waals surface area contributed by atoms with Gasteiger partial charge in [-0.1, -0.05) is 12.1 Å². The minimum atomic E-state index is -0.408. The molecule has 1 unspecified atom stereocenters. The maximum Gasteiger partial charge on any atom is 0.177 e. The summed E-state index contributed by atoms with van der Waals surface area (Å²) in [6, 6.07) is 11.0. The fourth-order valence-electron chi connectivity index (χ4n) is 2.23. The molecule has 3 rings (SSSR count). The summed E-state index contributed by atoms with van der Waals surface area (Å²) in [4.78, 5) is 12.4. The van der Waals surface area contributed by atoms with Crippen LogP contribution in [0.2, 0.25) is 0 Å². The second-order valence-electron chi connectivity index (χ2n) is 4.50. The van der Waals surface area contributed by atoms with E-state index in [0.717, 1.165) is 5.56 Å². The van der Waals surface area contributed by atoms with Crippen molar-refractivity contribution in [3.8, 4) is 17.2 Å². The summed E-state index contributed by atoms with van der Waals surface area (Å²) in [5, 5.41) is 18.7. The van der Waals surface area contributed by atoms with Crippen molar-refractivity contribution >= 4 is 5.78 Å². The Bertz CT molecular complexity index is 631. The largest absolute Gasteiger partial charge is 0.508 e. The number of phenolic OH excluding ortho intramolecular Hbond substituents is 2. The molecule has 96 valence electrons. The van der Waals surface area contributed by atoms with E-state index < -0.39 is 5.92 Å². The Morgan fingerprint density at radius 2 is 1.68 bits per heavy atom. The van der Waals surface area contributed by atoms with E-state index in [1.54, 1.807) is 30.3 Å². The molecule has 1 atom stereocenters. The molecule has 1 aliphatic heterocycles. The van der Waals surface area contributed by atoms with Gasteiger partial charge in [0, 0.05) is 0 Å². The van der Waals surface area contributed by atoms with E-state index in [4.69, 9.17) is 4.74 Å². The first-order valence-electron chi connectivity index (χ1n) is 5.94. The Hall–Kier alpha value is -2.49. The number of ketones is 1. The van der Waals surface area contributed by atoms with Crippen molar-refractivity contribution in [1.29, 1.82) is 0 Å². The number of rotatable bonds is 1. The van der Waals surface area contributed by atoms with Gasteiger partial charge < -0.3 is 14.9 Å². The van der Waals surface area contributed by atoms with Gasteiger partial charge >= 0.3 is 0 Å². The van der Waals surface area contributed by atoms with Crippen LogP contribution in [0.4, 0.5) is 0 Å². The third-order valence-electron chi connectivity index (χ3n) is 3.25. The van der Waals surface area contributed by atoms with Gasteiger partial charge in [0.2, 0.25) is 0 Å². The normalized spacial score (nSPS) is 17.7. The van der Waals surface area contributed by atoms with Crippen molar-refractivity contribution in [2.75, 3.05) is 6.61 Å². The zero-order chi connectivity index (χ0) is 13.4. The molecule has 19 heavy (non-hydrogen) atoms. The number of fused-ring (bicyclic) bond motifs is 1. The van der Waals surface area contributed by atoms with Gasteiger partial charge in [-0.05, 0) is 35.9 Å². The maximum atomic E-state index is 12.4. The van der Waals surface area contributed by atoms with Crippen molar-refractivity contribution in [3.05, 3.63) is 53.6 Å². The monoisotopic (exact) mass is 256 g/mol. The minimum absolute atomic E-state index is 0.0436. The zero-order valence-corrected chi connectivity index (χ0v) is 10.0. The van der Waals surface area contributed by atoms with Gasteiger partial charge in [0.25, 0.3) is 0 Å². The lowest BCUT2D eigenvalue weighted by Gasteiger charge is -2.24. The van der Waals surface area contributed by atoms with Crippen LogP contribution in [0.25, 0.3) is 0 Å². The van der Waals surface area contributed by atoms with Crippen molar-refractivity contribution in [2.24, 2.45) is 0 Å². The van der Waals surface area contributed by atoms with Gasteiger partial charge in [0.1, 0.15) is 23.9 Å². The third-order valence-corrected chi connectivity index (χ3v) is 3.25. The van der Waals surface area contributed by atoms with Gasteiger partial charge in [-0.25, -0.2) is 0 Å². The molecule has 0 saturated carbocycles. The summed E-state index contributed by atoms with van der Waals surface area (Å²) < 4.78 is 5.55. The Balaban J connectivity index is 1.99. The highest BCUT2D eigenvalue weighted by Crippen LogP contribution is 2.34. The van der Waals surface area contributed by atoms with Gasteiger partial charge in [-0.2, -0.15) is 0 Å². The van der Waals surface area contributed by atoms with Crippen molar-refractivity contribution in [1.82, 2.24) is 0 Å². The Labute approximate surface area is 109 Å². The Morgan fingerprint density at radius 3 is 2.42 bits per heavy atom. The lowest BCUT2D eigenvalue weighted by atomic mass is 9.89. The smallest absolute Gasteiger partial charge is 0.177 e. The van der Waals surface area contributed by atoms with E-state index in [-0.39, 0.29) is 23.9 Å². The number of hydrogen-bond donors (Lipinski definition) is 2. The molecule has 1 aliphatic rings. The first-order chi connectivity index (χ1) is 9.15. The van der Waals surface area contributed by atoms with Crippen molar-refractivity contribution < 1.29 is 19.7 Å². The lowest BCUT2D eigenvalue weighted by molar-refractivity contribution is 0.0895. The average Bonchev–Trinajstić information content (AvgIpc) is 2.41. The molecule has 0 aliphatic carbocycles. The van der Waals surface area contributed by atoms with Crippen LogP contribution in [0.15, 0.2) is 42.5 Å². The number of benzene rings is 2. The van der Waals surface area contributed by atoms with E-state index in [9.17, 15) is 15.0 Å². The fraction of sp³-hybridized carbons (Fsp3) is 0.133. The second kappa shape index (κ2) is 4.31. The lowest BCUT2D eigenvalue weighted by Crippen LogP contribution is -2.25. The highest BCUT2D eigenvalue weighted by molar-refractivity contribution is 6.04. The number of Topliss-reactive ketones (excluding diaryl/α,β-unsaturated/α-hetero) is 1. The SMILES string of the molecule is O=C1c2cc(O)ccc2OCC1c1ccc(O)cc1. The van der Waals surface area contributed by atoms with E-state index in [0.29, 0.717) is 11.3 Å². The Kier molecular flexibility index (Phi) is 2.63. The number of phenols is 2. The van der Waals surface area contributed by atoms with Crippen LogP contribution in [-0.4, -0.2) is 22.6 Å². The minimum Gasteiger partial charge on any atom is -0.508 e. The number of hydrogen-bond acceptors (Lipinski definition) is 4. The summed E-state index contributed by atoms with van der Waals surface area (Å²) in [6.45, 7) is 0.265. The molecule has 0 saturated heterocycles. The van der Waals surface area contributed by atoms with Crippen LogP contribution in [0.5, 0.6) is 17.2 Å². The van der Waals surface area contributed by atoms with E-state index in [2.05, 4.69) is 0 Å². The Morgan fingerprint density at radius 1 is 1.00 bits per heavy atom. The second-order valence-corrected chi connectivity index (χ2v) is 4.50. The number of ether oxygens (including phenoxy) is 1. The van der Waals surface area contributed by atoms with Gasteiger partial charge in [-0.3, -0.25) is 4.79 Å². The molecule has 0 fully saturated rings. The van der Waals surface area contributed by atoms with Gasteiger partial charge in [-0.15, -0.1) is 0 Å². The van der Waals surface area contributed by atoms with Crippen LogP contribution in [0.1, 0.15) is 21.8 Å². The average molecular weight is 256 g/mol. The topological polar surface area (TPSA) is 66.8 Å². The summed E-state index contributed by atoms with van der Waals surface area (Å²) in [5.74, 6) is 0.212. The predicted molar refractivity (Wildman–Crippen MR) is 68.8 cm³/mol. The van der Waals surface area contributed by atoms with Crippen molar-refractivity contribution in [2.45, 2.75) is 5.92 Å². The molecule has 1 heterocycles. The van der Waals surface area contributed by atoms with Crippen molar-refractivity contribution in [3.63, 3.8) is 0 Å². The van der Waals surface area contributed by atoms with Crippen LogP contribution in [-0.2, 0) is 0 Å². The molecule has 4 nitrogen and oxygen atoms in total. The van der Waals surface area contributed by atoms with E-state index in [1.165, 1.54) is 12.1 Å². The molecule has 4 heteroatoms. The number of aromatic hydroxyl groups is 2. The summed E-state index contributed by atoms with van der Waals surface area (Å²) in [6.07, 6.45) is 0.